The Bertz CT molecular complexity index is 557. The largest absolute Gasteiger partial charge is 0.497 e. The molecule has 0 aliphatic heterocycles. The smallest absolute Gasteiger partial charge is 0.119 e. The zero-order valence-corrected chi connectivity index (χ0v) is 11.6. The third-order valence-corrected chi connectivity index (χ3v) is 4.32. The number of ether oxygens (including phenoxy) is 1. The SMILES string of the molecule is COc1cccc(C(N)CS(=O)c2ccccc2)c1. The lowest BCUT2D eigenvalue weighted by Crippen LogP contribution is -2.18. The van der Waals surface area contributed by atoms with Crippen LogP contribution in [0.4, 0.5) is 0 Å². The molecule has 0 aliphatic rings. The maximum absolute atomic E-state index is 12.2. The van der Waals surface area contributed by atoms with Crippen LogP contribution in [0.1, 0.15) is 11.6 Å². The molecule has 0 aliphatic carbocycles. The van der Waals surface area contributed by atoms with Crippen molar-refractivity contribution in [1.82, 2.24) is 0 Å². The van der Waals surface area contributed by atoms with E-state index in [0.29, 0.717) is 5.75 Å². The number of benzene rings is 2. The highest BCUT2D eigenvalue weighted by molar-refractivity contribution is 7.85. The minimum Gasteiger partial charge on any atom is -0.497 e. The van der Waals surface area contributed by atoms with E-state index in [2.05, 4.69) is 0 Å². The fraction of sp³-hybridized carbons (Fsp3) is 0.200. The van der Waals surface area contributed by atoms with Crippen LogP contribution < -0.4 is 10.5 Å². The number of methoxy groups -OCH3 is 1. The Kier molecular flexibility index (Phi) is 4.71. The molecule has 2 atom stereocenters. The van der Waals surface area contributed by atoms with Crippen molar-refractivity contribution in [3.63, 3.8) is 0 Å². The first-order valence-electron chi connectivity index (χ1n) is 6.03. The van der Waals surface area contributed by atoms with Crippen molar-refractivity contribution in [1.29, 1.82) is 0 Å². The molecule has 2 aromatic rings. The number of rotatable bonds is 5. The highest BCUT2D eigenvalue weighted by atomic mass is 32.2. The maximum Gasteiger partial charge on any atom is 0.119 e. The Hall–Kier alpha value is -1.65. The van der Waals surface area contributed by atoms with Crippen molar-refractivity contribution in [2.24, 2.45) is 5.73 Å². The van der Waals surface area contributed by atoms with E-state index in [4.69, 9.17) is 10.5 Å². The summed E-state index contributed by atoms with van der Waals surface area (Å²) in [4.78, 5) is 0.806. The number of nitrogens with two attached hydrogens (primary N) is 1. The van der Waals surface area contributed by atoms with Gasteiger partial charge in [-0.05, 0) is 29.8 Å². The van der Waals surface area contributed by atoms with E-state index >= 15 is 0 Å². The number of hydrogen-bond acceptors (Lipinski definition) is 3. The van der Waals surface area contributed by atoms with Gasteiger partial charge in [0.15, 0.2) is 0 Å². The first-order valence-corrected chi connectivity index (χ1v) is 7.35. The Morgan fingerprint density at radius 2 is 1.89 bits per heavy atom. The van der Waals surface area contributed by atoms with Crippen molar-refractivity contribution >= 4 is 10.8 Å². The lowest BCUT2D eigenvalue weighted by Gasteiger charge is -2.12. The first-order chi connectivity index (χ1) is 9.20. The Morgan fingerprint density at radius 3 is 2.58 bits per heavy atom. The molecule has 100 valence electrons. The molecule has 3 nitrogen and oxygen atoms in total. The summed E-state index contributed by atoms with van der Waals surface area (Å²) in [6, 6.07) is 16.7. The third-order valence-electron chi connectivity index (χ3n) is 2.86. The zero-order valence-electron chi connectivity index (χ0n) is 10.8. The fourth-order valence-corrected chi connectivity index (χ4v) is 2.97. The van der Waals surface area contributed by atoms with Crippen LogP contribution in [0.5, 0.6) is 5.75 Å². The van der Waals surface area contributed by atoms with Crippen molar-refractivity contribution in [3.05, 3.63) is 60.2 Å². The van der Waals surface area contributed by atoms with Crippen LogP contribution in [-0.4, -0.2) is 17.1 Å². The summed E-state index contributed by atoms with van der Waals surface area (Å²) < 4.78 is 17.3. The summed E-state index contributed by atoms with van der Waals surface area (Å²) in [6.45, 7) is 0. The number of hydrogen-bond donors (Lipinski definition) is 1. The Morgan fingerprint density at radius 1 is 1.16 bits per heavy atom. The molecule has 2 aromatic carbocycles. The van der Waals surface area contributed by atoms with Gasteiger partial charge in [0.1, 0.15) is 5.75 Å². The molecule has 19 heavy (non-hydrogen) atoms. The summed E-state index contributed by atoms with van der Waals surface area (Å²) in [5, 5.41) is 0. The van der Waals surface area contributed by atoms with E-state index in [1.807, 2.05) is 54.6 Å². The normalized spacial score (nSPS) is 13.8. The van der Waals surface area contributed by atoms with E-state index < -0.39 is 10.8 Å². The molecule has 0 saturated carbocycles. The van der Waals surface area contributed by atoms with Gasteiger partial charge in [-0.15, -0.1) is 0 Å². The summed E-state index contributed by atoms with van der Waals surface area (Å²) in [5.41, 5.74) is 7.04. The molecule has 0 aromatic heterocycles. The molecular weight excluding hydrogens is 258 g/mol. The van der Waals surface area contributed by atoms with Gasteiger partial charge in [-0.2, -0.15) is 0 Å². The van der Waals surface area contributed by atoms with Gasteiger partial charge >= 0.3 is 0 Å². The maximum atomic E-state index is 12.2. The summed E-state index contributed by atoms with van der Waals surface area (Å²) in [5.74, 6) is 1.16. The molecule has 0 fully saturated rings. The van der Waals surface area contributed by atoms with E-state index in [0.717, 1.165) is 16.2 Å². The molecule has 0 spiro atoms. The van der Waals surface area contributed by atoms with Crippen LogP contribution in [0.2, 0.25) is 0 Å². The summed E-state index contributed by atoms with van der Waals surface area (Å²) >= 11 is 0. The second-order valence-electron chi connectivity index (χ2n) is 4.21. The average molecular weight is 275 g/mol. The molecule has 0 radical (unpaired) electrons. The molecule has 2 rings (SSSR count). The van der Waals surface area contributed by atoms with Gasteiger partial charge in [0.25, 0.3) is 0 Å². The Labute approximate surface area is 115 Å². The van der Waals surface area contributed by atoms with Crippen LogP contribution in [0.3, 0.4) is 0 Å². The highest BCUT2D eigenvalue weighted by Crippen LogP contribution is 2.19. The summed E-state index contributed by atoms with van der Waals surface area (Å²) in [6.07, 6.45) is 0. The van der Waals surface area contributed by atoms with Crippen LogP contribution in [0.15, 0.2) is 59.5 Å². The quantitative estimate of drug-likeness (QED) is 0.912. The molecule has 2 N–H and O–H groups in total. The third kappa shape index (κ3) is 3.66. The minimum atomic E-state index is -1.09. The molecule has 0 heterocycles. The molecule has 0 amide bonds. The van der Waals surface area contributed by atoms with Crippen molar-refractivity contribution < 1.29 is 8.95 Å². The van der Waals surface area contributed by atoms with Gasteiger partial charge in [-0.3, -0.25) is 4.21 Å². The molecule has 0 saturated heterocycles. The summed E-state index contributed by atoms with van der Waals surface area (Å²) in [7, 11) is 0.529. The van der Waals surface area contributed by atoms with Gasteiger partial charge in [0.05, 0.1) is 17.9 Å². The topological polar surface area (TPSA) is 52.3 Å². The van der Waals surface area contributed by atoms with Crippen molar-refractivity contribution in [2.75, 3.05) is 12.9 Å². The minimum absolute atomic E-state index is 0.267. The lowest BCUT2D eigenvalue weighted by atomic mass is 10.1. The predicted octanol–water partition coefficient (Wildman–Crippen LogP) is 2.50. The van der Waals surface area contributed by atoms with Crippen LogP contribution in [-0.2, 0) is 10.8 Å². The molecule has 2 unspecified atom stereocenters. The van der Waals surface area contributed by atoms with Gasteiger partial charge in [0, 0.05) is 16.7 Å². The van der Waals surface area contributed by atoms with Gasteiger partial charge in [-0.1, -0.05) is 30.3 Å². The van der Waals surface area contributed by atoms with Crippen molar-refractivity contribution in [3.8, 4) is 5.75 Å². The zero-order chi connectivity index (χ0) is 13.7. The van der Waals surface area contributed by atoms with Crippen LogP contribution >= 0.6 is 0 Å². The highest BCUT2D eigenvalue weighted by Gasteiger charge is 2.12. The van der Waals surface area contributed by atoms with Crippen molar-refractivity contribution in [2.45, 2.75) is 10.9 Å². The first kappa shape index (κ1) is 13.8. The van der Waals surface area contributed by atoms with Gasteiger partial charge in [-0.25, -0.2) is 0 Å². The van der Waals surface area contributed by atoms with Gasteiger partial charge in [0.2, 0.25) is 0 Å². The van der Waals surface area contributed by atoms with Crippen LogP contribution in [0, 0.1) is 0 Å². The fourth-order valence-electron chi connectivity index (χ4n) is 1.80. The monoisotopic (exact) mass is 275 g/mol. The molecule has 0 bridgehead atoms. The Balaban J connectivity index is 2.08. The average Bonchev–Trinajstić information content (AvgIpc) is 2.48. The second-order valence-corrected chi connectivity index (χ2v) is 5.70. The van der Waals surface area contributed by atoms with E-state index in [1.165, 1.54) is 0 Å². The predicted molar refractivity (Wildman–Crippen MR) is 77.6 cm³/mol. The second kappa shape index (κ2) is 6.50. The van der Waals surface area contributed by atoms with Crippen LogP contribution in [0.25, 0.3) is 0 Å². The van der Waals surface area contributed by atoms with E-state index in [9.17, 15) is 4.21 Å². The van der Waals surface area contributed by atoms with Gasteiger partial charge < -0.3 is 10.5 Å². The molecular formula is C15H17NO2S. The van der Waals surface area contributed by atoms with E-state index in [-0.39, 0.29) is 6.04 Å². The lowest BCUT2D eigenvalue weighted by molar-refractivity contribution is 0.414. The van der Waals surface area contributed by atoms with E-state index in [1.54, 1.807) is 7.11 Å². The molecule has 4 heteroatoms. The standard InChI is InChI=1S/C15H17NO2S/c1-18-13-7-5-6-12(10-13)15(16)11-19(17)14-8-3-2-4-9-14/h2-10,15H,11,16H2,1H3.